The number of anilines is 1. The largest absolute Gasteiger partial charge is 0.324 e. The van der Waals surface area contributed by atoms with Crippen LogP contribution in [0.5, 0.6) is 0 Å². The van der Waals surface area contributed by atoms with Crippen LogP contribution in [0.2, 0.25) is 5.15 Å². The highest BCUT2D eigenvalue weighted by Gasteiger charge is 2.17. The van der Waals surface area contributed by atoms with E-state index in [1.807, 2.05) is 73.5 Å². The summed E-state index contributed by atoms with van der Waals surface area (Å²) in [5, 5.41) is 8.02. The molecule has 0 radical (unpaired) electrons. The maximum absolute atomic E-state index is 12.3. The summed E-state index contributed by atoms with van der Waals surface area (Å²) < 4.78 is 2.57. The molecule has 2 aromatic carbocycles. The third kappa shape index (κ3) is 4.77. The number of halogens is 2. The maximum Gasteiger partial charge on any atom is 0.238 e. The molecule has 1 amide bonds. The van der Waals surface area contributed by atoms with Crippen LogP contribution < -0.4 is 5.32 Å². The van der Waals surface area contributed by atoms with E-state index in [0.717, 1.165) is 27.1 Å². The fourth-order valence-corrected chi connectivity index (χ4v) is 3.49. The zero-order chi connectivity index (χ0) is 19.4. The van der Waals surface area contributed by atoms with Crippen LogP contribution in [0.3, 0.4) is 0 Å². The molecule has 0 aliphatic carbocycles. The van der Waals surface area contributed by atoms with Gasteiger partial charge in [0.05, 0.1) is 23.6 Å². The van der Waals surface area contributed by atoms with Crippen molar-refractivity contribution >= 4 is 39.1 Å². The highest BCUT2D eigenvalue weighted by molar-refractivity contribution is 9.10. The van der Waals surface area contributed by atoms with Crippen LogP contribution in [-0.4, -0.2) is 34.2 Å². The van der Waals surface area contributed by atoms with Gasteiger partial charge in [-0.25, -0.2) is 4.68 Å². The summed E-state index contributed by atoms with van der Waals surface area (Å²) >= 11 is 9.99. The lowest BCUT2D eigenvalue weighted by Crippen LogP contribution is -2.30. The van der Waals surface area contributed by atoms with E-state index in [2.05, 4.69) is 26.3 Å². The van der Waals surface area contributed by atoms with Crippen molar-refractivity contribution in [1.82, 2.24) is 14.7 Å². The van der Waals surface area contributed by atoms with Gasteiger partial charge in [0.25, 0.3) is 0 Å². The molecular weight excluding hydrogens is 428 g/mol. The lowest BCUT2D eigenvalue weighted by atomic mass is 10.2. The maximum atomic E-state index is 12.3. The minimum Gasteiger partial charge on any atom is -0.324 e. The third-order valence-electron chi connectivity index (χ3n) is 4.11. The average Bonchev–Trinajstić information content (AvgIpc) is 2.92. The van der Waals surface area contributed by atoms with Crippen molar-refractivity contribution in [2.24, 2.45) is 0 Å². The Balaban J connectivity index is 1.68. The summed E-state index contributed by atoms with van der Waals surface area (Å²) in [7, 11) is 1.88. The molecule has 0 saturated heterocycles. The van der Waals surface area contributed by atoms with E-state index in [0.29, 0.717) is 11.7 Å². The van der Waals surface area contributed by atoms with Crippen molar-refractivity contribution in [2.75, 3.05) is 18.9 Å². The second-order valence-corrected chi connectivity index (χ2v) is 7.51. The number of carbonyl (C=O) groups excluding carboxylic acids is 1. The molecule has 0 fully saturated rings. The van der Waals surface area contributed by atoms with Crippen molar-refractivity contribution < 1.29 is 4.79 Å². The molecule has 0 saturated carbocycles. The van der Waals surface area contributed by atoms with Crippen LogP contribution in [0.4, 0.5) is 5.69 Å². The van der Waals surface area contributed by atoms with E-state index in [1.165, 1.54) is 0 Å². The first-order valence-electron chi connectivity index (χ1n) is 8.48. The van der Waals surface area contributed by atoms with Crippen LogP contribution in [-0.2, 0) is 11.3 Å². The monoisotopic (exact) mass is 446 g/mol. The molecule has 1 N–H and O–H groups in total. The molecule has 0 aliphatic heterocycles. The van der Waals surface area contributed by atoms with Crippen LogP contribution >= 0.6 is 27.5 Å². The van der Waals surface area contributed by atoms with E-state index in [9.17, 15) is 4.79 Å². The van der Waals surface area contributed by atoms with Gasteiger partial charge < -0.3 is 5.32 Å². The number of para-hydroxylation sites is 2. The first-order valence-corrected chi connectivity index (χ1v) is 9.65. The lowest BCUT2D eigenvalue weighted by Gasteiger charge is -2.16. The Morgan fingerprint density at radius 1 is 1.19 bits per heavy atom. The number of nitrogens with zero attached hydrogens (tertiary/aromatic N) is 3. The van der Waals surface area contributed by atoms with E-state index < -0.39 is 0 Å². The molecule has 140 valence electrons. The van der Waals surface area contributed by atoms with Gasteiger partial charge >= 0.3 is 0 Å². The number of amides is 1. The third-order valence-corrected chi connectivity index (χ3v) is 5.19. The first kappa shape index (κ1) is 19.6. The topological polar surface area (TPSA) is 50.2 Å². The standard InChI is InChI=1S/C20H20BrClN4O/c1-14-16(20(22)26(24-14)15-8-4-3-5-9-15)12-25(2)13-19(27)23-18-11-7-6-10-17(18)21/h3-11H,12-13H2,1-2H3,(H,23,27). The quantitative estimate of drug-likeness (QED) is 0.597. The predicted octanol–water partition coefficient (Wildman–Crippen LogP) is 4.67. The second kappa shape index (κ2) is 8.69. The number of carbonyl (C=O) groups is 1. The fraction of sp³-hybridized carbons (Fsp3) is 0.200. The van der Waals surface area contributed by atoms with E-state index in [4.69, 9.17) is 11.6 Å². The van der Waals surface area contributed by atoms with Crippen LogP contribution in [0.25, 0.3) is 5.69 Å². The van der Waals surface area contributed by atoms with Gasteiger partial charge in [-0.2, -0.15) is 5.10 Å². The number of aryl methyl sites for hydroxylation is 1. The Labute approximate surface area is 172 Å². The van der Waals surface area contributed by atoms with Gasteiger partial charge in [-0.05, 0) is 54.2 Å². The zero-order valence-electron chi connectivity index (χ0n) is 15.1. The summed E-state index contributed by atoms with van der Waals surface area (Å²) in [6.07, 6.45) is 0. The zero-order valence-corrected chi connectivity index (χ0v) is 17.5. The van der Waals surface area contributed by atoms with Crippen molar-refractivity contribution in [1.29, 1.82) is 0 Å². The van der Waals surface area contributed by atoms with Crippen LogP contribution in [0, 0.1) is 6.92 Å². The number of benzene rings is 2. The first-order chi connectivity index (χ1) is 13.0. The van der Waals surface area contributed by atoms with E-state index in [1.54, 1.807) is 4.68 Å². The number of hydrogen-bond acceptors (Lipinski definition) is 3. The number of likely N-dealkylation sites (N-methyl/N-ethyl adjacent to an activating group) is 1. The lowest BCUT2D eigenvalue weighted by molar-refractivity contribution is -0.117. The smallest absolute Gasteiger partial charge is 0.238 e. The number of nitrogens with one attached hydrogen (secondary N) is 1. The molecule has 0 bridgehead atoms. The van der Waals surface area contributed by atoms with Crippen molar-refractivity contribution in [3.63, 3.8) is 0 Å². The molecule has 0 aliphatic rings. The Morgan fingerprint density at radius 3 is 2.56 bits per heavy atom. The molecule has 0 atom stereocenters. The minimum absolute atomic E-state index is 0.0892. The van der Waals surface area contributed by atoms with Crippen molar-refractivity contribution in [2.45, 2.75) is 13.5 Å². The van der Waals surface area contributed by atoms with Gasteiger partial charge in [0, 0.05) is 16.6 Å². The SMILES string of the molecule is Cc1nn(-c2ccccc2)c(Cl)c1CN(C)CC(=O)Nc1ccccc1Br. The molecule has 27 heavy (non-hydrogen) atoms. The van der Waals surface area contributed by atoms with Crippen molar-refractivity contribution in [3.05, 3.63) is 75.5 Å². The fourth-order valence-electron chi connectivity index (χ4n) is 2.77. The Morgan fingerprint density at radius 2 is 1.85 bits per heavy atom. The normalized spacial score (nSPS) is 11.0. The van der Waals surface area contributed by atoms with Crippen molar-refractivity contribution in [3.8, 4) is 5.69 Å². The Hall–Kier alpha value is -2.15. The van der Waals surface area contributed by atoms with E-state index in [-0.39, 0.29) is 12.5 Å². The summed E-state index contributed by atoms with van der Waals surface area (Å²) in [5.74, 6) is -0.0892. The molecule has 3 rings (SSSR count). The molecule has 5 nitrogen and oxygen atoms in total. The van der Waals surface area contributed by atoms with Gasteiger partial charge in [0.2, 0.25) is 5.91 Å². The number of aromatic nitrogens is 2. The van der Waals surface area contributed by atoms with Gasteiger partial charge in [0.1, 0.15) is 5.15 Å². The molecule has 3 aromatic rings. The second-order valence-electron chi connectivity index (χ2n) is 6.30. The Bertz CT molecular complexity index is 942. The number of rotatable bonds is 6. The molecule has 1 heterocycles. The van der Waals surface area contributed by atoms with Gasteiger partial charge in [0.15, 0.2) is 0 Å². The average molecular weight is 448 g/mol. The van der Waals surface area contributed by atoms with Crippen LogP contribution in [0.1, 0.15) is 11.3 Å². The summed E-state index contributed by atoms with van der Waals surface area (Å²) in [5.41, 5.74) is 3.42. The summed E-state index contributed by atoms with van der Waals surface area (Å²) in [6, 6.07) is 17.3. The highest BCUT2D eigenvalue weighted by atomic mass is 79.9. The van der Waals surface area contributed by atoms with Gasteiger partial charge in [-0.1, -0.05) is 41.9 Å². The molecule has 0 unspecified atom stereocenters. The van der Waals surface area contributed by atoms with Gasteiger partial charge in [-0.15, -0.1) is 0 Å². The molecule has 0 spiro atoms. The Kier molecular flexibility index (Phi) is 6.31. The highest BCUT2D eigenvalue weighted by Crippen LogP contribution is 2.25. The number of hydrogen-bond donors (Lipinski definition) is 1. The predicted molar refractivity (Wildman–Crippen MR) is 112 cm³/mol. The molecule has 1 aromatic heterocycles. The van der Waals surface area contributed by atoms with Crippen LogP contribution in [0.15, 0.2) is 59.1 Å². The minimum atomic E-state index is -0.0892. The summed E-state index contributed by atoms with van der Waals surface area (Å²) in [4.78, 5) is 14.2. The molecular formula is C20H20BrClN4O. The summed E-state index contributed by atoms with van der Waals surface area (Å²) in [6.45, 7) is 2.70. The molecule has 7 heteroatoms. The van der Waals surface area contributed by atoms with E-state index >= 15 is 0 Å². The van der Waals surface area contributed by atoms with Gasteiger partial charge in [-0.3, -0.25) is 9.69 Å².